The zero-order valence-electron chi connectivity index (χ0n) is 16.3. The van der Waals surface area contributed by atoms with Crippen molar-refractivity contribution in [2.45, 2.75) is 0 Å². The van der Waals surface area contributed by atoms with Gasteiger partial charge in [0.25, 0.3) is 0 Å². The molecular formula is C23H14F2IN5O. The number of nitrogens with zero attached hydrogens (tertiary/aromatic N) is 4. The molecule has 0 aliphatic heterocycles. The number of rotatable bonds is 4. The number of fused-ring (bicyclic) bond motifs is 1. The zero-order valence-corrected chi connectivity index (χ0v) is 18.5. The first-order valence-corrected chi connectivity index (χ1v) is 10.6. The summed E-state index contributed by atoms with van der Waals surface area (Å²) in [6.45, 7) is 0. The summed E-state index contributed by atoms with van der Waals surface area (Å²) < 4.78 is 29.6. The minimum atomic E-state index is -0.739. The molecule has 0 fully saturated rings. The Labute approximate surface area is 194 Å². The predicted octanol–water partition coefficient (Wildman–Crippen LogP) is 5.81. The van der Waals surface area contributed by atoms with E-state index in [4.69, 9.17) is 0 Å². The molecule has 0 unspecified atom stereocenters. The van der Waals surface area contributed by atoms with Crippen LogP contribution in [0, 0.1) is 15.2 Å². The van der Waals surface area contributed by atoms with Crippen LogP contribution in [-0.4, -0.2) is 25.1 Å². The minimum Gasteiger partial charge on any atom is -0.505 e. The van der Waals surface area contributed by atoms with Crippen molar-refractivity contribution < 1.29 is 13.9 Å². The summed E-state index contributed by atoms with van der Waals surface area (Å²) in [5.74, 6) is -1.48. The van der Waals surface area contributed by atoms with E-state index < -0.39 is 11.6 Å². The van der Waals surface area contributed by atoms with Crippen LogP contribution in [0.5, 0.6) is 5.75 Å². The van der Waals surface area contributed by atoms with Crippen molar-refractivity contribution in [3.05, 3.63) is 88.1 Å². The molecule has 0 amide bonds. The maximum atomic E-state index is 13.7. The number of hydrogen-bond acceptors (Lipinski definition) is 5. The van der Waals surface area contributed by atoms with Gasteiger partial charge in [-0.25, -0.2) is 18.4 Å². The van der Waals surface area contributed by atoms with Crippen LogP contribution >= 0.6 is 22.6 Å². The maximum Gasteiger partial charge on any atom is 0.166 e. The highest BCUT2D eigenvalue weighted by Gasteiger charge is 2.11. The van der Waals surface area contributed by atoms with Gasteiger partial charge in [0.1, 0.15) is 11.5 Å². The van der Waals surface area contributed by atoms with E-state index in [-0.39, 0.29) is 5.82 Å². The number of nitrogens with one attached hydrogen (secondary N) is 1. The summed E-state index contributed by atoms with van der Waals surface area (Å²) in [6.07, 6.45) is 1.64. The fraction of sp³-hybridized carbons (Fsp3) is 0. The summed E-state index contributed by atoms with van der Waals surface area (Å²) in [6, 6.07) is 18.1. The van der Waals surface area contributed by atoms with Gasteiger partial charge in [0.15, 0.2) is 11.6 Å². The normalized spacial score (nSPS) is 11.1. The minimum absolute atomic E-state index is 0.309. The molecule has 0 aliphatic carbocycles. The molecule has 0 saturated carbocycles. The van der Waals surface area contributed by atoms with Crippen LogP contribution in [0.4, 0.5) is 20.2 Å². The summed E-state index contributed by atoms with van der Waals surface area (Å²) in [5, 5.41) is 21.6. The Morgan fingerprint density at radius 3 is 2.62 bits per heavy atom. The smallest absolute Gasteiger partial charge is 0.166 e. The van der Waals surface area contributed by atoms with E-state index in [2.05, 4.69) is 43.2 Å². The average Bonchev–Trinajstić information content (AvgIpc) is 3.25. The van der Waals surface area contributed by atoms with E-state index >= 15 is 0 Å². The topological polar surface area (TPSA) is 75.9 Å². The Bertz CT molecular complexity index is 1450. The lowest BCUT2D eigenvalue weighted by molar-refractivity contribution is 0.432. The molecule has 6 nitrogen and oxygen atoms in total. The quantitative estimate of drug-likeness (QED) is 0.281. The molecule has 3 aromatic carbocycles. The molecule has 5 aromatic rings. The van der Waals surface area contributed by atoms with E-state index in [0.29, 0.717) is 22.8 Å². The second-order valence-electron chi connectivity index (χ2n) is 7.04. The number of halogens is 3. The van der Waals surface area contributed by atoms with Crippen molar-refractivity contribution in [1.82, 2.24) is 20.0 Å². The van der Waals surface area contributed by atoms with Crippen molar-refractivity contribution in [2.75, 3.05) is 5.32 Å². The van der Waals surface area contributed by atoms with Gasteiger partial charge in [0, 0.05) is 26.4 Å². The average molecular weight is 541 g/mol. The van der Waals surface area contributed by atoms with Gasteiger partial charge >= 0.3 is 0 Å². The Hall–Kier alpha value is -3.60. The fourth-order valence-electron chi connectivity index (χ4n) is 3.33. The first kappa shape index (κ1) is 20.3. The first-order chi connectivity index (χ1) is 15.5. The lowest BCUT2D eigenvalue weighted by atomic mass is 10.1. The molecule has 158 valence electrons. The summed E-state index contributed by atoms with van der Waals surface area (Å²) in [4.78, 5) is 4.68. The molecule has 2 aromatic heterocycles. The third-order valence-electron chi connectivity index (χ3n) is 4.83. The number of anilines is 2. The highest BCUT2D eigenvalue weighted by atomic mass is 127. The molecule has 5 rings (SSSR count). The molecule has 9 heteroatoms. The lowest BCUT2D eigenvalue weighted by Crippen LogP contribution is -1.95. The van der Waals surface area contributed by atoms with Crippen LogP contribution in [-0.2, 0) is 0 Å². The van der Waals surface area contributed by atoms with Crippen molar-refractivity contribution >= 4 is 44.9 Å². The number of phenolic OH excluding ortho intramolecular Hbond substituents is 1. The third kappa shape index (κ3) is 3.98. The zero-order chi connectivity index (χ0) is 22.2. The molecule has 0 spiro atoms. The van der Waals surface area contributed by atoms with Gasteiger partial charge in [-0.2, -0.15) is 0 Å². The number of aromatic nitrogens is 4. The van der Waals surface area contributed by atoms with Crippen LogP contribution < -0.4 is 5.32 Å². The Kier molecular flexibility index (Phi) is 5.17. The lowest BCUT2D eigenvalue weighted by Gasteiger charge is -2.11. The van der Waals surface area contributed by atoms with E-state index in [0.717, 1.165) is 20.2 Å². The number of phenols is 1. The van der Waals surface area contributed by atoms with Gasteiger partial charge < -0.3 is 10.4 Å². The highest BCUT2D eigenvalue weighted by Crippen LogP contribution is 2.29. The van der Waals surface area contributed by atoms with Gasteiger partial charge in [-0.1, -0.05) is 11.3 Å². The molecule has 32 heavy (non-hydrogen) atoms. The van der Waals surface area contributed by atoms with Gasteiger partial charge in [0.2, 0.25) is 0 Å². The number of hydrogen-bond donors (Lipinski definition) is 2. The van der Waals surface area contributed by atoms with Crippen molar-refractivity contribution in [1.29, 1.82) is 0 Å². The molecule has 2 heterocycles. The van der Waals surface area contributed by atoms with E-state index in [1.54, 1.807) is 6.20 Å². The number of aromatic hydroxyl groups is 1. The summed E-state index contributed by atoms with van der Waals surface area (Å²) >= 11 is 2.07. The fourth-order valence-corrected chi connectivity index (χ4v) is 3.97. The first-order valence-electron chi connectivity index (χ1n) is 9.51. The van der Waals surface area contributed by atoms with E-state index in [9.17, 15) is 13.9 Å². The van der Waals surface area contributed by atoms with Crippen molar-refractivity contribution in [3.8, 4) is 22.8 Å². The molecule has 0 radical (unpaired) electrons. The largest absolute Gasteiger partial charge is 0.505 e. The van der Waals surface area contributed by atoms with Gasteiger partial charge in [-0.05, 0) is 77.2 Å². The highest BCUT2D eigenvalue weighted by molar-refractivity contribution is 14.1. The molecule has 0 saturated heterocycles. The number of benzene rings is 3. The molecule has 0 aliphatic rings. The van der Waals surface area contributed by atoms with Crippen LogP contribution in [0.1, 0.15) is 0 Å². The predicted molar refractivity (Wildman–Crippen MR) is 126 cm³/mol. The SMILES string of the molecule is Oc1ccc(-n2cc(-c3ccc4c(Nc5cc(F)cc(I)c5)cccc4n3)nn2)cc1F. The Morgan fingerprint density at radius 1 is 0.938 bits per heavy atom. The maximum absolute atomic E-state index is 13.7. The summed E-state index contributed by atoms with van der Waals surface area (Å²) in [7, 11) is 0. The summed E-state index contributed by atoms with van der Waals surface area (Å²) in [5.41, 5.74) is 3.71. The molecule has 0 atom stereocenters. The Morgan fingerprint density at radius 2 is 1.81 bits per heavy atom. The van der Waals surface area contributed by atoms with E-state index in [1.807, 2.05) is 36.4 Å². The van der Waals surface area contributed by atoms with Crippen LogP contribution in [0.25, 0.3) is 28.0 Å². The van der Waals surface area contributed by atoms with E-state index in [1.165, 1.54) is 35.0 Å². The molecular weight excluding hydrogens is 527 g/mol. The monoisotopic (exact) mass is 541 g/mol. The molecule has 2 N–H and O–H groups in total. The van der Waals surface area contributed by atoms with Crippen molar-refractivity contribution in [2.24, 2.45) is 0 Å². The van der Waals surface area contributed by atoms with Crippen molar-refractivity contribution in [3.63, 3.8) is 0 Å². The number of pyridine rings is 1. The van der Waals surface area contributed by atoms with Gasteiger partial charge in [-0.15, -0.1) is 5.10 Å². The second-order valence-corrected chi connectivity index (χ2v) is 8.28. The van der Waals surface area contributed by atoms with Crippen LogP contribution in [0.15, 0.2) is 72.9 Å². The van der Waals surface area contributed by atoms with Gasteiger partial charge in [0.05, 0.1) is 23.1 Å². The standard InChI is InChI=1S/C23H14F2IN5O/c24-13-8-14(26)10-15(9-13)27-19-2-1-3-20-17(19)5-6-21(28-20)22-12-31(30-29-22)16-4-7-23(32)18(25)11-16/h1-12,27,32H. The second kappa shape index (κ2) is 8.15. The Balaban J connectivity index is 1.48. The van der Waals surface area contributed by atoms with Crippen LogP contribution in [0.2, 0.25) is 0 Å². The van der Waals surface area contributed by atoms with Gasteiger partial charge in [-0.3, -0.25) is 0 Å². The van der Waals surface area contributed by atoms with Crippen LogP contribution in [0.3, 0.4) is 0 Å². The molecule has 0 bridgehead atoms. The third-order valence-corrected chi connectivity index (χ3v) is 5.45.